The molecule has 0 saturated carbocycles. The second kappa shape index (κ2) is 5.03. The fourth-order valence-corrected chi connectivity index (χ4v) is 2.41. The summed E-state index contributed by atoms with van der Waals surface area (Å²) in [6.07, 6.45) is 0.132. The van der Waals surface area contributed by atoms with Gasteiger partial charge in [-0.25, -0.2) is 8.42 Å². The molecule has 0 unspecified atom stereocenters. The lowest BCUT2D eigenvalue weighted by atomic mass is 10.3. The standard InChI is InChI=1S/C11H14O5S/c12-4-5-17(13,14)11-3-1-2-9(6-11)15-7-10-8-16-10/h1-3,6,10,12H,4-5,7-8H2/t10-/m1/s1. The molecular formula is C11H14O5S. The van der Waals surface area contributed by atoms with Crippen LogP contribution in [0, 0.1) is 0 Å². The molecule has 0 amide bonds. The highest BCUT2D eigenvalue weighted by atomic mass is 32.2. The maximum atomic E-state index is 11.7. The average molecular weight is 258 g/mol. The van der Waals surface area contributed by atoms with E-state index in [0.717, 1.165) is 0 Å². The van der Waals surface area contributed by atoms with Gasteiger partial charge in [0.25, 0.3) is 0 Å². The van der Waals surface area contributed by atoms with Gasteiger partial charge in [0.05, 0.1) is 23.9 Å². The van der Waals surface area contributed by atoms with Crippen LogP contribution in [-0.4, -0.2) is 45.2 Å². The van der Waals surface area contributed by atoms with Gasteiger partial charge in [0, 0.05) is 0 Å². The van der Waals surface area contributed by atoms with Crippen molar-refractivity contribution in [3.63, 3.8) is 0 Å². The molecule has 5 nitrogen and oxygen atoms in total. The smallest absolute Gasteiger partial charge is 0.180 e. The number of ether oxygens (including phenoxy) is 2. The van der Waals surface area contributed by atoms with Gasteiger partial charge >= 0.3 is 0 Å². The lowest BCUT2D eigenvalue weighted by Crippen LogP contribution is -2.10. The number of epoxide rings is 1. The van der Waals surface area contributed by atoms with Crippen LogP contribution in [0.5, 0.6) is 5.75 Å². The highest BCUT2D eigenvalue weighted by Gasteiger charge is 2.23. The van der Waals surface area contributed by atoms with Gasteiger partial charge in [-0.15, -0.1) is 0 Å². The Hall–Kier alpha value is -1.11. The summed E-state index contributed by atoms with van der Waals surface area (Å²) >= 11 is 0. The average Bonchev–Trinajstić information content (AvgIpc) is 3.10. The molecule has 17 heavy (non-hydrogen) atoms. The molecule has 0 spiro atoms. The predicted octanol–water partition coefficient (Wildman–Crippen LogP) is 0.230. The van der Waals surface area contributed by atoms with E-state index in [4.69, 9.17) is 14.6 Å². The summed E-state index contributed by atoms with van der Waals surface area (Å²) in [6, 6.07) is 6.27. The zero-order valence-corrected chi connectivity index (χ0v) is 10.0. The maximum Gasteiger partial charge on any atom is 0.180 e. The SMILES string of the molecule is O=S(=O)(CCO)c1cccc(OC[C@@H]2CO2)c1. The molecule has 0 bridgehead atoms. The minimum absolute atomic E-state index is 0.132. The quantitative estimate of drug-likeness (QED) is 0.739. The molecule has 2 rings (SSSR count). The Balaban J connectivity index is 2.09. The van der Waals surface area contributed by atoms with Gasteiger partial charge in [0.1, 0.15) is 18.5 Å². The van der Waals surface area contributed by atoms with Crippen LogP contribution in [0.3, 0.4) is 0 Å². The lowest BCUT2D eigenvalue weighted by Gasteiger charge is -2.07. The molecule has 1 saturated heterocycles. The van der Waals surface area contributed by atoms with Crippen LogP contribution in [-0.2, 0) is 14.6 Å². The van der Waals surface area contributed by atoms with E-state index in [-0.39, 0.29) is 23.4 Å². The third-order valence-electron chi connectivity index (χ3n) is 2.36. The second-order valence-corrected chi connectivity index (χ2v) is 5.89. The summed E-state index contributed by atoms with van der Waals surface area (Å²) in [6.45, 7) is 0.745. The van der Waals surface area contributed by atoms with Gasteiger partial charge in [-0.05, 0) is 18.2 Å². The van der Waals surface area contributed by atoms with Crippen LogP contribution in [0.1, 0.15) is 0 Å². The van der Waals surface area contributed by atoms with Gasteiger partial charge < -0.3 is 14.6 Å². The fraction of sp³-hybridized carbons (Fsp3) is 0.455. The number of aliphatic hydroxyl groups excluding tert-OH is 1. The molecule has 0 aliphatic carbocycles. The second-order valence-electron chi connectivity index (χ2n) is 3.78. The zero-order valence-electron chi connectivity index (χ0n) is 9.20. The van der Waals surface area contributed by atoms with Crippen molar-refractivity contribution in [3.8, 4) is 5.75 Å². The Morgan fingerprint density at radius 2 is 2.24 bits per heavy atom. The molecule has 6 heteroatoms. The molecule has 1 aromatic carbocycles. The van der Waals surface area contributed by atoms with Crippen LogP contribution < -0.4 is 4.74 Å². The van der Waals surface area contributed by atoms with E-state index in [0.29, 0.717) is 19.0 Å². The van der Waals surface area contributed by atoms with E-state index >= 15 is 0 Å². The van der Waals surface area contributed by atoms with Crippen molar-refractivity contribution >= 4 is 9.84 Å². The Morgan fingerprint density at radius 1 is 1.47 bits per heavy atom. The molecule has 1 aromatic rings. The number of hydrogen-bond acceptors (Lipinski definition) is 5. The summed E-state index contributed by atoms with van der Waals surface area (Å²) in [5, 5.41) is 8.69. The van der Waals surface area contributed by atoms with Crippen LogP contribution in [0.15, 0.2) is 29.2 Å². The normalized spacial score (nSPS) is 19.0. The number of rotatable bonds is 6. The Labute approximate surface area is 99.9 Å². The van der Waals surface area contributed by atoms with Crippen LogP contribution in [0.2, 0.25) is 0 Å². The zero-order chi connectivity index (χ0) is 12.3. The van der Waals surface area contributed by atoms with E-state index in [2.05, 4.69) is 0 Å². The maximum absolute atomic E-state index is 11.7. The van der Waals surface area contributed by atoms with E-state index in [1.54, 1.807) is 12.1 Å². The monoisotopic (exact) mass is 258 g/mol. The summed E-state index contributed by atoms with van der Waals surface area (Å²) in [7, 11) is -3.42. The molecule has 94 valence electrons. The molecular weight excluding hydrogens is 244 g/mol. The van der Waals surface area contributed by atoms with Crippen molar-refractivity contribution in [1.29, 1.82) is 0 Å². The van der Waals surface area contributed by atoms with E-state index in [1.807, 2.05) is 0 Å². The van der Waals surface area contributed by atoms with E-state index < -0.39 is 9.84 Å². The van der Waals surface area contributed by atoms with Crippen molar-refractivity contribution < 1.29 is 23.0 Å². The van der Waals surface area contributed by atoms with Crippen molar-refractivity contribution in [2.75, 3.05) is 25.6 Å². The van der Waals surface area contributed by atoms with Gasteiger partial charge in [-0.3, -0.25) is 0 Å². The summed E-state index contributed by atoms with van der Waals surface area (Å²) in [5.41, 5.74) is 0. The Kier molecular flexibility index (Phi) is 3.66. The molecule has 1 aliphatic heterocycles. The Bertz CT molecular complexity index is 478. The topological polar surface area (TPSA) is 76.1 Å². The first-order valence-electron chi connectivity index (χ1n) is 5.30. The highest BCUT2D eigenvalue weighted by Crippen LogP contribution is 2.20. The molecule has 1 atom stereocenters. The van der Waals surface area contributed by atoms with Crippen LogP contribution in [0.25, 0.3) is 0 Å². The molecule has 0 radical (unpaired) electrons. The van der Waals surface area contributed by atoms with Gasteiger partial charge in [0.15, 0.2) is 9.84 Å². The predicted molar refractivity (Wildman–Crippen MR) is 60.8 cm³/mol. The number of sulfone groups is 1. The van der Waals surface area contributed by atoms with Crippen molar-refractivity contribution in [2.24, 2.45) is 0 Å². The first-order valence-corrected chi connectivity index (χ1v) is 6.95. The molecule has 0 aromatic heterocycles. The minimum atomic E-state index is -3.42. The first-order chi connectivity index (χ1) is 8.12. The minimum Gasteiger partial charge on any atom is -0.491 e. The molecule has 1 N–H and O–H groups in total. The van der Waals surface area contributed by atoms with Gasteiger partial charge in [-0.1, -0.05) is 6.07 Å². The highest BCUT2D eigenvalue weighted by molar-refractivity contribution is 7.91. The largest absolute Gasteiger partial charge is 0.491 e. The van der Waals surface area contributed by atoms with Gasteiger partial charge in [0.2, 0.25) is 0 Å². The van der Waals surface area contributed by atoms with E-state index in [9.17, 15) is 8.42 Å². The lowest BCUT2D eigenvalue weighted by molar-refractivity contribution is 0.262. The number of benzene rings is 1. The molecule has 1 aliphatic rings. The summed E-state index contributed by atoms with van der Waals surface area (Å²) < 4.78 is 33.8. The van der Waals surface area contributed by atoms with Crippen molar-refractivity contribution in [1.82, 2.24) is 0 Å². The van der Waals surface area contributed by atoms with Crippen LogP contribution in [0.4, 0.5) is 0 Å². The van der Waals surface area contributed by atoms with Gasteiger partial charge in [-0.2, -0.15) is 0 Å². The van der Waals surface area contributed by atoms with E-state index in [1.165, 1.54) is 12.1 Å². The van der Waals surface area contributed by atoms with Crippen molar-refractivity contribution in [3.05, 3.63) is 24.3 Å². The Morgan fingerprint density at radius 3 is 2.88 bits per heavy atom. The first kappa shape index (κ1) is 12.3. The third-order valence-corrected chi connectivity index (χ3v) is 4.06. The van der Waals surface area contributed by atoms with Crippen LogP contribution >= 0.6 is 0 Å². The number of hydrogen-bond donors (Lipinski definition) is 1. The molecule has 1 fully saturated rings. The van der Waals surface area contributed by atoms with Crippen molar-refractivity contribution in [2.45, 2.75) is 11.0 Å². The third kappa shape index (κ3) is 3.42. The molecule has 1 heterocycles. The fourth-order valence-electron chi connectivity index (χ4n) is 1.35. The number of aliphatic hydroxyl groups is 1. The summed E-state index contributed by atoms with van der Waals surface area (Å²) in [4.78, 5) is 0.167. The summed E-state index contributed by atoms with van der Waals surface area (Å²) in [5.74, 6) is 0.224.